The van der Waals surface area contributed by atoms with Gasteiger partial charge in [-0.3, -0.25) is 29.4 Å². The number of halogens is 1. The number of hydrogen-bond acceptors (Lipinski definition) is 7. The fraction of sp³-hybridized carbons (Fsp3) is 0.105. The van der Waals surface area contributed by atoms with Gasteiger partial charge < -0.3 is 9.84 Å². The van der Waals surface area contributed by atoms with E-state index in [9.17, 15) is 24.5 Å². The molecule has 3 rings (SSSR count). The van der Waals surface area contributed by atoms with E-state index in [1.54, 1.807) is 30.3 Å². The third-order valence-electron chi connectivity index (χ3n) is 3.94. The van der Waals surface area contributed by atoms with E-state index in [1.165, 1.54) is 18.2 Å². The second-order valence-corrected chi connectivity index (χ2v) is 7.91. The summed E-state index contributed by atoms with van der Waals surface area (Å²) in [7, 11) is 0. The van der Waals surface area contributed by atoms with Crippen LogP contribution in [0.2, 0.25) is 0 Å². The van der Waals surface area contributed by atoms with Gasteiger partial charge in [0.2, 0.25) is 0 Å². The smallest absolute Gasteiger partial charge is 0.323 e. The van der Waals surface area contributed by atoms with Crippen LogP contribution < -0.4 is 4.74 Å². The molecule has 30 heavy (non-hydrogen) atoms. The zero-order valence-electron chi connectivity index (χ0n) is 15.1. The standard InChI is InChI=1S/C19H13BrN2O7S/c20-14-7-11(8-16-18(25)21(9-17(23)24)19(26)30-16)4-5-15(14)29-10-12-2-1-3-13(6-12)22(27)28/h1-8H,9-10H2,(H,23,24)/b16-8+. The van der Waals surface area contributed by atoms with Crippen molar-refractivity contribution in [3.05, 3.63) is 73.1 Å². The van der Waals surface area contributed by atoms with Crippen molar-refractivity contribution in [3.63, 3.8) is 0 Å². The lowest BCUT2D eigenvalue weighted by molar-refractivity contribution is -0.384. The van der Waals surface area contributed by atoms with Crippen molar-refractivity contribution in [3.8, 4) is 5.75 Å². The Morgan fingerprint density at radius 1 is 1.27 bits per heavy atom. The molecule has 0 bridgehead atoms. The van der Waals surface area contributed by atoms with Gasteiger partial charge in [0.25, 0.3) is 16.8 Å². The molecule has 2 amide bonds. The molecular formula is C19H13BrN2O7S. The van der Waals surface area contributed by atoms with E-state index in [-0.39, 0.29) is 17.2 Å². The molecule has 2 aromatic rings. The van der Waals surface area contributed by atoms with E-state index in [0.717, 1.165) is 0 Å². The number of benzene rings is 2. The Bertz CT molecular complexity index is 1090. The molecule has 0 aliphatic carbocycles. The summed E-state index contributed by atoms with van der Waals surface area (Å²) >= 11 is 4.04. The van der Waals surface area contributed by atoms with Crippen molar-refractivity contribution in [2.75, 3.05) is 6.54 Å². The Morgan fingerprint density at radius 2 is 2.03 bits per heavy atom. The van der Waals surface area contributed by atoms with Gasteiger partial charge in [-0.25, -0.2) is 0 Å². The highest BCUT2D eigenvalue weighted by molar-refractivity contribution is 9.10. The molecule has 1 N–H and O–H groups in total. The van der Waals surface area contributed by atoms with Gasteiger partial charge >= 0.3 is 5.97 Å². The van der Waals surface area contributed by atoms with Gasteiger partial charge in [-0.15, -0.1) is 0 Å². The first-order valence-corrected chi connectivity index (χ1v) is 9.98. The summed E-state index contributed by atoms with van der Waals surface area (Å²) in [5.41, 5.74) is 1.21. The summed E-state index contributed by atoms with van der Waals surface area (Å²) in [4.78, 5) is 46.0. The zero-order valence-corrected chi connectivity index (χ0v) is 17.5. The van der Waals surface area contributed by atoms with Gasteiger partial charge in [0.05, 0.1) is 14.3 Å². The van der Waals surface area contributed by atoms with Crippen LogP contribution in [0.4, 0.5) is 10.5 Å². The third kappa shape index (κ3) is 5.05. The molecule has 1 aliphatic heterocycles. The van der Waals surface area contributed by atoms with Crippen LogP contribution in [0, 0.1) is 10.1 Å². The van der Waals surface area contributed by atoms with Gasteiger partial charge in [-0.05, 0) is 57.0 Å². The lowest BCUT2D eigenvalue weighted by Crippen LogP contribution is -2.33. The van der Waals surface area contributed by atoms with Crippen molar-refractivity contribution in [2.24, 2.45) is 0 Å². The maximum absolute atomic E-state index is 12.2. The lowest BCUT2D eigenvalue weighted by atomic mass is 10.2. The van der Waals surface area contributed by atoms with E-state index < -0.39 is 28.6 Å². The van der Waals surface area contributed by atoms with Crippen LogP contribution in [0.25, 0.3) is 6.08 Å². The van der Waals surface area contributed by atoms with Crippen LogP contribution in [0.5, 0.6) is 5.75 Å². The first kappa shape index (κ1) is 21.5. The number of amides is 2. The van der Waals surface area contributed by atoms with Gasteiger partial charge in [0, 0.05) is 12.1 Å². The molecule has 1 aliphatic rings. The van der Waals surface area contributed by atoms with E-state index in [0.29, 0.717) is 38.0 Å². The van der Waals surface area contributed by atoms with Crippen LogP contribution in [-0.2, 0) is 16.2 Å². The van der Waals surface area contributed by atoms with E-state index >= 15 is 0 Å². The SMILES string of the molecule is O=C(O)CN1C(=O)S/C(=C/c2ccc(OCc3cccc([N+](=O)[O-])c3)c(Br)c2)C1=O. The minimum absolute atomic E-state index is 0.0256. The first-order chi connectivity index (χ1) is 14.2. The summed E-state index contributed by atoms with van der Waals surface area (Å²) in [6.07, 6.45) is 1.49. The van der Waals surface area contributed by atoms with Crippen LogP contribution in [0.3, 0.4) is 0 Å². The monoisotopic (exact) mass is 492 g/mol. The van der Waals surface area contributed by atoms with E-state index in [1.807, 2.05) is 0 Å². The molecule has 11 heteroatoms. The van der Waals surface area contributed by atoms with Crippen molar-refractivity contribution in [2.45, 2.75) is 6.61 Å². The van der Waals surface area contributed by atoms with Crippen molar-refractivity contribution in [1.29, 1.82) is 0 Å². The average Bonchev–Trinajstić information content (AvgIpc) is 2.94. The lowest BCUT2D eigenvalue weighted by Gasteiger charge is -2.09. The maximum atomic E-state index is 12.2. The molecule has 0 unspecified atom stereocenters. The van der Waals surface area contributed by atoms with Crippen LogP contribution >= 0.6 is 27.7 Å². The molecule has 0 radical (unpaired) electrons. The van der Waals surface area contributed by atoms with E-state index in [4.69, 9.17) is 9.84 Å². The molecule has 0 spiro atoms. The van der Waals surface area contributed by atoms with E-state index in [2.05, 4.69) is 15.9 Å². The predicted molar refractivity (Wildman–Crippen MR) is 112 cm³/mol. The highest BCUT2D eigenvalue weighted by Crippen LogP contribution is 2.34. The summed E-state index contributed by atoms with van der Waals surface area (Å²) in [5.74, 6) is -1.45. The second-order valence-electron chi connectivity index (χ2n) is 6.07. The fourth-order valence-electron chi connectivity index (χ4n) is 2.57. The number of carbonyl (C=O) groups is 3. The summed E-state index contributed by atoms with van der Waals surface area (Å²) in [6.45, 7) is -0.566. The number of carboxylic acids is 1. The predicted octanol–water partition coefficient (Wildman–Crippen LogP) is 4.06. The Kier molecular flexibility index (Phi) is 6.53. The minimum Gasteiger partial charge on any atom is -0.488 e. The highest BCUT2D eigenvalue weighted by Gasteiger charge is 2.36. The summed E-state index contributed by atoms with van der Waals surface area (Å²) in [6, 6.07) is 11.1. The first-order valence-electron chi connectivity index (χ1n) is 8.37. The third-order valence-corrected chi connectivity index (χ3v) is 5.46. The normalized spacial score (nSPS) is 15.0. The number of nitro benzene ring substituents is 1. The number of carbonyl (C=O) groups excluding carboxylic acids is 2. The summed E-state index contributed by atoms with van der Waals surface area (Å²) < 4.78 is 6.27. The quantitative estimate of drug-likeness (QED) is 0.348. The number of thioether (sulfide) groups is 1. The van der Waals surface area contributed by atoms with Crippen LogP contribution in [0.1, 0.15) is 11.1 Å². The number of non-ortho nitro benzene ring substituents is 1. The highest BCUT2D eigenvalue weighted by atomic mass is 79.9. The zero-order chi connectivity index (χ0) is 21.8. The Balaban J connectivity index is 1.71. The Morgan fingerprint density at radius 3 is 2.70 bits per heavy atom. The topological polar surface area (TPSA) is 127 Å². The van der Waals surface area contributed by atoms with Crippen LogP contribution in [-0.4, -0.2) is 38.6 Å². The average molecular weight is 493 g/mol. The van der Waals surface area contributed by atoms with Crippen molar-refractivity contribution < 1.29 is 29.2 Å². The van der Waals surface area contributed by atoms with Gasteiger partial charge in [0.1, 0.15) is 18.9 Å². The van der Waals surface area contributed by atoms with Gasteiger partial charge in [0.15, 0.2) is 0 Å². The number of carboxylic acid groups (broad SMARTS) is 1. The number of rotatable bonds is 7. The number of nitrogens with zero attached hydrogens (tertiary/aromatic N) is 2. The molecule has 1 fully saturated rings. The Hall–Kier alpha value is -3.18. The molecule has 1 saturated heterocycles. The Labute approximate surface area is 182 Å². The second kappa shape index (κ2) is 9.09. The molecule has 1 heterocycles. The van der Waals surface area contributed by atoms with Crippen molar-refractivity contribution >= 4 is 56.6 Å². The maximum Gasteiger partial charge on any atom is 0.323 e. The van der Waals surface area contributed by atoms with Gasteiger partial charge in [-0.1, -0.05) is 18.2 Å². The number of hydrogen-bond donors (Lipinski definition) is 1. The molecule has 0 saturated carbocycles. The largest absolute Gasteiger partial charge is 0.488 e. The van der Waals surface area contributed by atoms with Crippen LogP contribution in [0.15, 0.2) is 51.8 Å². The number of aliphatic carboxylic acids is 1. The molecule has 154 valence electrons. The fourth-order valence-corrected chi connectivity index (χ4v) is 3.92. The molecular weight excluding hydrogens is 480 g/mol. The number of nitro groups is 1. The molecule has 9 nitrogen and oxygen atoms in total. The number of ether oxygens (including phenoxy) is 1. The van der Waals surface area contributed by atoms with Crippen molar-refractivity contribution in [1.82, 2.24) is 4.90 Å². The minimum atomic E-state index is -1.27. The number of imide groups is 1. The molecule has 0 aromatic heterocycles. The molecule has 2 aromatic carbocycles. The summed E-state index contributed by atoms with van der Waals surface area (Å²) in [5, 5.41) is 19.0. The molecule has 0 atom stereocenters. The van der Waals surface area contributed by atoms with Gasteiger partial charge in [-0.2, -0.15) is 0 Å².